The summed E-state index contributed by atoms with van der Waals surface area (Å²) in [7, 11) is 1.49. The summed E-state index contributed by atoms with van der Waals surface area (Å²) in [5.41, 5.74) is 0. The van der Waals surface area contributed by atoms with Crippen molar-refractivity contribution in [3.05, 3.63) is 0 Å². The molecule has 0 radical (unpaired) electrons. The molecule has 0 spiro atoms. The fraction of sp³-hybridized carbons (Fsp3) is 0.923. The van der Waals surface area contributed by atoms with Gasteiger partial charge in [-0.15, -0.1) is 0 Å². The Labute approximate surface area is 98.1 Å². The number of likely N-dealkylation sites (tertiary alicyclic amines) is 1. The van der Waals surface area contributed by atoms with E-state index in [9.17, 15) is 4.79 Å². The molecule has 2 fully saturated rings. The maximum absolute atomic E-state index is 11.5. The molecule has 92 valence electrons. The van der Waals surface area contributed by atoms with E-state index in [1.54, 1.807) is 0 Å². The van der Waals surface area contributed by atoms with Gasteiger partial charge in [0.15, 0.2) is 0 Å². The molecular weight excluding hydrogens is 202 g/mol. The minimum absolute atomic E-state index is 0.0443. The van der Waals surface area contributed by atoms with Crippen LogP contribution in [0.3, 0.4) is 0 Å². The molecule has 1 aliphatic heterocycles. The van der Waals surface area contributed by atoms with Gasteiger partial charge in [-0.05, 0) is 37.5 Å². The summed E-state index contributed by atoms with van der Waals surface area (Å²) in [6.45, 7) is 5.73. The summed E-state index contributed by atoms with van der Waals surface area (Å²) >= 11 is 0. The second-order valence-electron chi connectivity index (χ2n) is 5.64. The molecule has 3 atom stereocenters. The first-order valence-electron chi connectivity index (χ1n) is 6.45. The molecule has 3 unspecified atom stereocenters. The van der Waals surface area contributed by atoms with Crippen molar-refractivity contribution in [1.82, 2.24) is 4.90 Å². The van der Waals surface area contributed by atoms with Gasteiger partial charge in [0.25, 0.3) is 0 Å². The van der Waals surface area contributed by atoms with E-state index in [0.717, 1.165) is 24.8 Å². The van der Waals surface area contributed by atoms with Gasteiger partial charge in [-0.25, -0.2) is 0 Å². The Morgan fingerprint density at radius 2 is 1.81 bits per heavy atom. The van der Waals surface area contributed by atoms with E-state index in [0.29, 0.717) is 6.04 Å². The Hall–Kier alpha value is -0.570. The highest BCUT2D eigenvalue weighted by Crippen LogP contribution is 2.35. The lowest BCUT2D eigenvalue weighted by Gasteiger charge is -2.47. The van der Waals surface area contributed by atoms with Crippen molar-refractivity contribution in [2.75, 3.05) is 13.7 Å². The zero-order chi connectivity index (χ0) is 11.7. The summed E-state index contributed by atoms with van der Waals surface area (Å²) in [5.74, 6) is 1.55. The second kappa shape index (κ2) is 4.74. The minimum Gasteiger partial charge on any atom is -0.468 e. The Morgan fingerprint density at radius 3 is 2.25 bits per heavy atom. The average Bonchev–Trinajstić information content (AvgIpc) is 2.14. The lowest BCUT2D eigenvalue weighted by Crippen LogP contribution is -2.58. The Kier molecular flexibility index (Phi) is 3.53. The minimum atomic E-state index is -0.0443. The van der Waals surface area contributed by atoms with Crippen molar-refractivity contribution < 1.29 is 9.53 Å². The molecule has 3 heteroatoms. The first-order valence-corrected chi connectivity index (χ1v) is 6.45. The van der Waals surface area contributed by atoms with Crippen molar-refractivity contribution in [1.29, 1.82) is 0 Å². The highest BCUT2D eigenvalue weighted by atomic mass is 16.5. The topological polar surface area (TPSA) is 29.5 Å². The van der Waals surface area contributed by atoms with Crippen molar-refractivity contribution >= 4 is 5.97 Å². The van der Waals surface area contributed by atoms with Gasteiger partial charge in [0.05, 0.1) is 7.11 Å². The number of hydrogen-bond donors (Lipinski definition) is 0. The van der Waals surface area contributed by atoms with Gasteiger partial charge in [-0.2, -0.15) is 0 Å². The fourth-order valence-electron chi connectivity index (χ4n) is 3.41. The largest absolute Gasteiger partial charge is 0.468 e. The molecule has 0 aromatic rings. The molecule has 1 aliphatic carbocycles. The number of carbonyl (C=O) groups excluding carboxylic acids is 1. The van der Waals surface area contributed by atoms with Crippen molar-refractivity contribution in [2.24, 2.45) is 11.8 Å². The normalized spacial score (nSPS) is 40.2. The molecular formula is C13H23NO2. The van der Waals surface area contributed by atoms with Gasteiger partial charge in [-0.1, -0.05) is 13.8 Å². The van der Waals surface area contributed by atoms with E-state index >= 15 is 0 Å². The van der Waals surface area contributed by atoms with E-state index in [4.69, 9.17) is 4.74 Å². The zero-order valence-corrected chi connectivity index (χ0v) is 10.6. The van der Waals surface area contributed by atoms with E-state index in [-0.39, 0.29) is 12.0 Å². The molecule has 0 aromatic heterocycles. The highest BCUT2D eigenvalue weighted by molar-refractivity contribution is 5.76. The van der Waals surface area contributed by atoms with Gasteiger partial charge in [-0.3, -0.25) is 9.69 Å². The van der Waals surface area contributed by atoms with Crippen LogP contribution in [0, 0.1) is 11.8 Å². The van der Waals surface area contributed by atoms with E-state index in [1.165, 1.54) is 26.4 Å². The third-order valence-corrected chi connectivity index (χ3v) is 4.16. The standard InChI is InChI=1S/C13H23NO2/c1-9-6-10(2)8-11(7-9)14-5-4-12(14)13(15)16-3/h9-12H,4-8H2,1-3H3. The van der Waals surface area contributed by atoms with Crippen LogP contribution in [0.5, 0.6) is 0 Å². The van der Waals surface area contributed by atoms with Crippen LogP contribution in [0.2, 0.25) is 0 Å². The van der Waals surface area contributed by atoms with Crippen LogP contribution in [-0.2, 0) is 9.53 Å². The number of ether oxygens (including phenoxy) is 1. The van der Waals surface area contributed by atoms with Gasteiger partial charge < -0.3 is 4.74 Å². The van der Waals surface area contributed by atoms with Crippen LogP contribution in [0.25, 0.3) is 0 Å². The molecule has 0 aromatic carbocycles. The fourth-order valence-corrected chi connectivity index (χ4v) is 3.41. The quantitative estimate of drug-likeness (QED) is 0.674. The van der Waals surface area contributed by atoms with Crippen molar-refractivity contribution in [3.8, 4) is 0 Å². The molecule has 0 N–H and O–H groups in total. The second-order valence-corrected chi connectivity index (χ2v) is 5.64. The number of carbonyl (C=O) groups is 1. The monoisotopic (exact) mass is 225 g/mol. The molecule has 16 heavy (non-hydrogen) atoms. The predicted molar refractivity (Wildman–Crippen MR) is 63.1 cm³/mol. The summed E-state index contributed by atoms with van der Waals surface area (Å²) in [5, 5.41) is 0. The first kappa shape index (κ1) is 11.9. The smallest absolute Gasteiger partial charge is 0.323 e. The lowest BCUT2D eigenvalue weighted by molar-refractivity contribution is -0.155. The van der Waals surface area contributed by atoms with Crippen LogP contribution in [0.1, 0.15) is 39.5 Å². The zero-order valence-electron chi connectivity index (χ0n) is 10.6. The third-order valence-electron chi connectivity index (χ3n) is 4.16. The maximum Gasteiger partial charge on any atom is 0.323 e. The molecule has 2 aliphatic rings. The molecule has 1 saturated heterocycles. The molecule has 2 rings (SSSR count). The third kappa shape index (κ3) is 2.24. The van der Waals surface area contributed by atoms with Crippen LogP contribution in [-0.4, -0.2) is 36.6 Å². The van der Waals surface area contributed by atoms with E-state index in [2.05, 4.69) is 18.7 Å². The Balaban J connectivity index is 1.94. The van der Waals surface area contributed by atoms with Crippen LogP contribution >= 0.6 is 0 Å². The lowest BCUT2D eigenvalue weighted by atomic mass is 9.78. The molecule has 1 heterocycles. The maximum atomic E-state index is 11.5. The first-order chi connectivity index (χ1) is 7.61. The van der Waals surface area contributed by atoms with Crippen LogP contribution in [0.15, 0.2) is 0 Å². The molecule has 0 amide bonds. The molecule has 0 bridgehead atoms. The number of esters is 1. The Bertz CT molecular complexity index is 257. The average molecular weight is 225 g/mol. The van der Waals surface area contributed by atoms with E-state index in [1.807, 2.05) is 0 Å². The predicted octanol–water partition coefficient (Wildman–Crippen LogP) is 2.06. The number of hydrogen-bond acceptors (Lipinski definition) is 3. The van der Waals surface area contributed by atoms with Crippen molar-refractivity contribution in [3.63, 3.8) is 0 Å². The van der Waals surface area contributed by atoms with Gasteiger partial charge in [0, 0.05) is 12.6 Å². The number of rotatable bonds is 2. The SMILES string of the molecule is COC(=O)C1CCN1C1CC(C)CC(C)C1. The van der Waals surface area contributed by atoms with E-state index < -0.39 is 0 Å². The number of nitrogens with zero attached hydrogens (tertiary/aromatic N) is 1. The van der Waals surface area contributed by atoms with Gasteiger partial charge >= 0.3 is 5.97 Å². The number of methoxy groups -OCH3 is 1. The van der Waals surface area contributed by atoms with Crippen LogP contribution in [0.4, 0.5) is 0 Å². The summed E-state index contributed by atoms with van der Waals surface area (Å²) in [6, 6.07) is 0.657. The molecule has 1 saturated carbocycles. The van der Waals surface area contributed by atoms with Gasteiger partial charge in [0.1, 0.15) is 6.04 Å². The van der Waals surface area contributed by atoms with Crippen molar-refractivity contribution in [2.45, 2.75) is 51.6 Å². The summed E-state index contributed by atoms with van der Waals surface area (Å²) in [4.78, 5) is 13.9. The van der Waals surface area contributed by atoms with Crippen LogP contribution < -0.4 is 0 Å². The Morgan fingerprint density at radius 1 is 1.19 bits per heavy atom. The summed E-state index contributed by atoms with van der Waals surface area (Å²) in [6.07, 6.45) is 4.81. The van der Waals surface area contributed by atoms with Gasteiger partial charge in [0.2, 0.25) is 0 Å². The molecule has 3 nitrogen and oxygen atoms in total. The highest BCUT2D eigenvalue weighted by Gasteiger charge is 2.41. The summed E-state index contributed by atoms with van der Waals surface area (Å²) < 4.78 is 4.85.